The molecule has 0 aliphatic carbocycles. The molecule has 0 unspecified atom stereocenters. The van der Waals surface area contributed by atoms with E-state index in [0.717, 1.165) is 70.4 Å². The molecule has 1 N–H and O–H groups in total. The standard InChI is InChI=1S/C29H38FNO3/c1-8-10-21-18(4)24(14-27(32)33)28(20(6)25(21)16-31(7)15-17(2)3)23-13-26(30)29-22(19(23)5)11-9-12-34-29/h8,13,17H,1,9-12,14-16H2,2-7H3,(H,32,33). The molecule has 0 bridgehead atoms. The molecule has 0 spiro atoms. The number of nitrogens with zero attached hydrogens (tertiary/aromatic N) is 1. The SMILES string of the molecule is C=CCc1c(C)c(CC(=O)O)c(-c2cc(F)c3c(c2C)CCCO3)c(C)c1CN(C)CC(C)C. The first-order chi connectivity index (χ1) is 16.1. The maximum Gasteiger partial charge on any atom is 0.307 e. The lowest BCUT2D eigenvalue weighted by molar-refractivity contribution is -0.136. The van der Waals surface area contributed by atoms with Gasteiger partial charge < -0.3 is 14.7 Å². The van der Waals surface area contributed by atoms with Gasteiger partial charge >= 0.3 is 5.97 Å². The van der Waals surface area contributed by atoms with Gasteiger partial charge in [0.05, 0.1) is 13.0 Å². The molecule has 0 saturated carbocycles. The first kappa shape index (κ1) is 26.0. The van der Waals surface area contributed by atoms with Gasteiger partial charge in [-0.3, -0.25) is 4.79 Å². The lowest BCUT2D eigenvalue weighted by Gasteiger charge is -2.29. The zero-order valence-electron chi connectivity index (χ0n) is 21.5. The van der Waals surface area contributed by atoms with Crippen molar-refractivity contribution in [3.05, 3.63) is 63.5 Å². The zero-order chi connectivity index (χ0) is 25.2. The summed E-state index contributed by atoms with van der Waals surface area (Å²) in [7, 11) is 2.11. The van der Waals surface area contributed by atoms with Gasteiger partial charge in [-0.05, 0) is 104 Å². The van der Waals surface area contributed by atoms with E-state index in [9.17, 15) is 9.90 Å². The highest BCUT2D eigenvalue weighted by Gasteiger charge is 2.27. The fourth-order valence-electron chi connectivity index (χ4n) is 5.45. The second kappa shape index (κ2) is 10.7. The molecule has 184 valence electrons. The molecule has 3 rings (SSSR count). The van der Waals surface area contributed by atoms with Crippen LogP contribution < -0.4 is 4.74 Å². The Labute approximate surface area is 203 Å². The molecule has 34 heavy (non-hydrogen) atoms. The number of carboxylic acids is 1. The highest BCUT2D eigenvalue weighted by molar-refractivity contribution is 5.83. The third kappa shape index (κ3) is 5.20. The largest absolute Gasteiger partial charge is 0.490 e. The predicted molar refractivity (Wildman–Crippen MR) is 136 cm³/mol. The van der Waals surface area contributed by atoms with Gasteiger partial charge in [0, 0.05) is 18.7 Å². The molecule has 0 saturated heterocycles. The summed E-state index contributed by atoms with van der Waals surface area (Å²) in [5, 5.41) is 9.78. The van der Waals surface area contributed by atoms with Crippen LogP contribution in [-0.2, 0) is 30.6 Å². The number of rotatable bonds is 9. The van der Waals surface area contributed by atoms with E-state index in [2.05, 4.69) is 39.3 Å². The van der Waals surface area contributed by atoms with Crippen LogP contribution in [0.1, 0.15) is 59.2 Å². The number of aliphatic carboxylic acids is 1. The highest BCUT2D eigenvalue weighted by Crippen LogP contribution is 2.42. The Bertz CT molecular complexity index is 1100. The topological polar surface area (TPSA) is 49.8 Å². The van der Waals surface area contributed by atoms with Gasteiger partial charge in [-0.15, -0.1) is 6.58 Å². The summed E-state index contributed by atoms with van der Waals surface area (Å²) in [6, 6.07) is 1.54. The van der Waals surface area contributed by atoms with Crippen molar-refractivity contribution >= 4 is 5.97 Å². The van der Waals surface area contributed by atoms with Crippen molar-refractivity contribution < 1.29 is 19.0 Å². The quantitative estimate of drug-likeness (QED) is 0.447. The maximum atomic E-state index is 15.2. The number of carbonyl (C=O) groups is 1. The lowest BCUT2D eigenvalue weighted by Crippen LogP contribution is -2.25. The van der Waals surface area contributed by atoms with Crippen LogP contribution in [0.5, 0.6) is 5.75 Å². The molecule has 2 aromatic rings. The van der Waals surface area contributed by atoms with E-state index in [1.807, 2.05) is 19.9 Å². The Morgan fingerprint density at radius 1 is 1.21 bits per heavy atom. The molecule has 0 amide bonds. The molecule has 5 heteroatoms. The summed E-state index contributed by atoms with van der Waals surface area (Å²) >= 11 is 0. The molecule has 2 aromatic carbocycles. The van der Waals surface area contributed by atoms with Crippen molar-refractivity contribution in [1.29, 1.82) is 0 Å². The zero-order valence-corrected chi connectivity index (χ0v) is 21.5. The van der Waals surface area contributed by atoms with Gasteiger partial charge in [0.25, 0.3) is 0 Å². The van der Waals surface area contributed by atoms with Crippen molar-refractivity contribution in [3.63, 3.8) is 0 Å². The summed E-state index contributed by atoms with van der Waals surface area (Å²) in [5.41, 5.74) is 8.55. The molecule has 1 heterocycles. The summed E-state index contributed by atoms with van der Waals surface area (Å²) in [4.78, 5) is 14.2. The molecular formula is C29H38FNO3. The van der Waals surface area contributed by atoms with E-state index in [1.165, 1.54) is 5.56 Å². The Morgan fingerprint density at radius 3 is 2.53 bits per heavy atom. The van der Waals surface area contributed by atoms with E-state index >= 15 is 4.39 Å². The fourth-order valence-corrected chi connectivity index (χ4v) is 5.45. The van der Waals surface area contributed by atoms with Gasteiger partial charge in [-0.2, -0.15) is 0 Å². The average Bonchev–Trinajstić information content (AvgIpc) is 2.76. The second-order valence-electron chi connectivity index (χ2n) is 10.0. The van der Waals surface area contributed by atoms with Crippen LogP contribution in [0.3, 0.4) is 0 Å². The van der Waals surface area contributed by atoms with E-state index in [0.29, 0.717) is 24.7 Å². The molecule has 0 atom stereocenters. The van der Waals surface area contributed by atoms with Gasteiger partial charge in [0.2, 0.25) is 0 Å². The van der Waals surface area contributed by atoms with Crippen LogP contribution in [0, 0.1) is 32.5 Å². The van der Waals surface area contributed by atoms with Crippen molar-refractivity contribution in [1.82, 2.24) is 4.90 Å². The summed E-state index contributed by atoms with van der Waals surface area (Å²) in [5.74, 6) is -0.390. The number of fused-ring (bicyclic) bond motifs is 1. The number of hydrogen-bond donors (Lipinski definition) is 1. The van der Waals surface area contributed by atoms with Gasteiger partial charge in [0.1, 0.15) is 0 Å². The fraction of sp³-hybridized carbons (Fsp3) is 0.483. The van der Waals surface area contributed by atoms with E-state index in [4.69, 9.17) is 4.74 Å². The minimum atomic E-state index is -0.891. The van der Waals surface area contributed by atoms with E-state index < -0.39 is 5.97 Å². The molecule has 0 aromatic heterocycles. The van der Waals surface area contributed by atoms with Crippen LogP contribution in [0.25, 0.3) is 11.1 Å². The normalized spacial score (nSPS) is 13.2. The second-order valence-corrected chi connectivity index (χ2v) is 10.0. The number of ether oxygens (including phenoxy) is 1. The Hall–Kier alpha value is -2.66. The Morgan fingerprint density at radius 2 is 1.91 bits per heavy atom. The smallest absolute Gasteiger partial charge is 0.307 e. The molecular weight excluding hydrogens is 429 g/mol. The first-order valence-corrected chi connectivity index (χ1v) is 12.2. The third-order valence-corrected chi connectivity index (χ3v) is 6.89. The van der Waals surface area contributed by atoms with Crippen molar-refractivity contribution in [2.45, 2.75) is 66.8 Å². The van der Waals surface area contributed by atoms with Crippen molar-refractivity contribution in [3.8, 4) is 16.9 Å². The lowest BCUT2D eigenvalue weighted by atomic mass is 9.80. The number of allylic oxidation sites excluding steroid dienone is 1. The Kier molecular flexibility index (Phi) is 8.19. The Balaban J connectivity index is 2.34. The summed E-state index contributed by atoms with van der Waals surface area (Å²) < 4.78 is 20.9. The average molecular weight is 468 g/mol. The number of hydrogen-bond acceptors (Lipinski definition) is 3. The molecule has 1 aliphatic heterocycles. The van der Waals surface area contributed by atoms with Crippen LogP contribution >= 0.6 is 0 Å². The van der Waals surface area contributed by atoms with Gasteiger partial charge in [-0.25, -0.2) is 4.39 Å². The van der Waals surface area contributed by atoms with Crippen molar-refractivity contribution in [2.24, 2.45) is 5.92 Å². The molecule has 1 aliphatic rings. The van der Waals surface area contributed by atoms with Crippen LogP contribution in [0.15, 0.2) is 18.7 Å². The van der Waals surface area contributed by atoms with Crippen LogP contribution in [0.2, 0.25) is 0 Å². The number of carboxylic acid groups (broad SMARTS) is 1. The van der Waals surface area contributed by atoms with Crippen LogP contribution in [-0.4, -0.2) is 36.2 Å². The minimum absolute atomic E-state index is 0.108. The highest BCUT2D eigenvalue weighted by atomic mass is 19.1. The molecule has 0 radical (unpaired) electrons. The monoisotopic (exact) mass is 467 g/mol. The van der Waals surface area contributed by atoms with Crippen molar-refractivity contribution in [2.75, 3.05) is 20.2 Å². The molecule has 4 nitrogen and oxygen atoms in total. The van der Waals surface area contributed by atoms with Gasteiger partial charge in [0.15, 0.2) is 11.6 Å². The summed E-state index contributed by atoms with van der Waals surface area (Å²) in [6.45, 7) is 16.6. The predicted octanol–water partition coefficient (Wildman–Crippen LogP) is 6.19. The van der Waals surface area contributed by atoms with Crippen LogP contribution in [0.4, 0.5) is 4.39 Å². The van der Waals surface area contributed by atoms with E-state index in [1.54, 1.807) is 6.07 Å². The molecule has 0 fully saturated rings. The minimum Gasteiger partial charge on any atom is -0.490 e. The maximum absolute atomic E-state index is 15.2. The third-order valence-electron chi connectivity index (χ3n) is 6.89. The van der Waals surface area contributed by atoms with E-state index in [-0.39, 0.29) is 12.2 Å². The number of benzene rings is 2. The van der Waals surface area contributed by atoms with Gasteiger partial charge in [-0.1, -0.05) is 19.9 Å². The summed E-state index contributed by atoms with van der Waals surface area (Å²) in [6.07, 6.45) is 4.04. The number of halogens is 1. The first-order valence-electron chi connectivity index (χ1n) is 12.2.